The summed E-state index contributed by atoms with van der Waals surface area (Å²) in [5, 5.41) is 3.54. The molecule has 1 heterocycles. The summed E-state index contributed by atoms with van der Waals surface area (Å²) in [4.78, 5) is 0. The summed E-state index contributed by atoms with van der Waals surface area (Å²) in [6, 6.07) is 0.833. The zero-order chi connectivity index (χ0) is 7.40. The van der Waals surface area contributed by atoms with E-state index < -0.39 is 0 Å². The van der Waals surface area contributed by atoms with Crippen LogP contribution >= 0.6 is 0 Å². The van der Waals surface area contributed by atoms with E-state index in [2.05, 4.69) is 19.2 Å². The molecule has 1 aliphatic heterocycles. The van der Waals surface area contributed by atoms with Crippen molar-refractivity contribution in [3.63, 3.8) is 0 Å². The number of hydrogen-bond donors (Lipinski definition) is 1. The van der Waals surface area contributed by atoms with Crippen molar-refractivity contribution >= 4 is 0 Å². The lowest BCUT2D eigenvalue weighted by atomic mass is 9.96. The van der Waals surface area contributed by atoms with E-state index in [1.165, 1.54) is 32.2 Å². The zero-order valence-electron chi connectivity index (χ0n) is 7.19. The van der Waals surface area contributed by atoms with Gasteiger partial charge in [-0.05, 0) is 31.7 Å². The molecule has 0 aromatic rings. The smallest absolute Gasteiger partial charge is 0.00931 e. The van der Waals surface area contributed by atoms with Gasteiger partial charge in [0.2, 0.25) is 0 Å². The van der Waals surface area contributed by atoms with Gasteiger partial charge in [0, 0.05) is 6.04 Å². The molecule has 10 heavy (non-hydrogen) atoms. The third kappa shape index (κ3) is 1.98. The minimum Gasteiger partial charge on any atom is -0.314 e. The van der Waals surface area contributed by atoms with Crippen LogP contribution in [0.3, 0.4) is 0 Å². The van der Waals surface area contributed by atoms with Crippen molar-refractivity contribution in [3.8, 4) is 0 Å². The summed E-state index contributed by atoms with van der Waals surface area (Å²) < 4.78 is 0. The average molecular weight is 141 g/mol. The van der Waals surface area contributed by atoms with Crippen LogP contribution in [0, 0.1) is 5.92 Å². The highest BCUT2D eigenvalue weighted by Gasteiger charge is 2.19. The fourth-order valence-corrected chi connectivity index (χ4v) is 1.85. The third-order valence-corrected chi connectivity index (χ3v) is 2.53. The Balaban J connectivity index is 2.18. The summed E-state index contributed by atoms with van der Waals surface area (Å²) in [5.74, 6) is 0.896. The Labute approximate surface area is 64.2 Å². The molecule has 2 atom stereocenters. The van der Waals surface area contributed by atoms with Gasteiger partial charge >= 0.3 is 0 Å². The number of hydrogen-bond acceptors (Lipinski definition) is 1. The highest BCUT2D eigenvalue weighted by molar-refractivity contribution is 4.78. The van der Waals surface area contributed by atoms with Crippen molar-refractivity contribution in [2.24, 2.45) is 5.92 Å². The van der Waals surface area contributed by atoms with Gasteiger partial charge in [0.1, 0.15) is 0 Å². The average Bonchev–Trinajstić information content (AvgIpc) is 2.38. The quantitative estimate of drug-likeness (QED) is 0.635. The van der Waals surface area contributed by atoms with Crippen LogP contribution in [0.15, 0.2) is 0 Å². The first kappa shape index (κ1) is 8.06. The normalized spacial score (nSPS) is 28.8. The maximum Gasteiger partial charge on any atom is 0.00931 e. The Morgan fingerprint density at radius 1 is 1.60 bits per heavy atom. The molecule has 1 heteroatoms. The van der Waals surface area contributed by atoms with Crippen LogP contribution in [-0.2, 0) is 0 Å². The molecule has 1 N–H and O–H groups in total. The second-order valence-electron chi connectivity index (χ2n) is 3.47. The first-order valence-corrected chi connectivity index (χ1v) is 4.58. The molecule has 1 saturated heterocycles. The van der Waals surface area contributed by atoms with Crippen molar-refractivity contribution < 1.29 is 0 Å². The standard InChI is InChI=1S/C9H19N/c1-3-5-8(2)9-6-4-7-10-9/h8-10H,3-7H2,1-2H3/t8-,9-/m0/s1. The van der Waals surface area contributed by atoms with E-state index in [-0.39, 0.29) is 0 Å². The van der Waals surface area contributed by atoms with Gasteiger partial charge in [-0.1, -0.05) is 20.3 Å². The van der Waals surface area contributed by atoms with Gasteiger partial charge in [0.05, 0.1) is 0 Å². The topological polar surface area (TPSA) is 12.0 Å². The molecule has 0 aliphatic carbocycles. The van der Waals surface area contributed by atoms with Crippen LogP contribution in [0.5, 0.6) is 0 Å². The fraction of sp³-hybridized carbons (Fsp3) is 1.00. The number of nitrogens with one attached hydrogen (secondary N) is 1. The van der Waals surface area contributed by atoms with Gasteiger partial charge < -0.3 is 5.32 Å². The van der Waals surface area contributed by atoms with Gasteiger partial charge in [-0.2, -0.15) is 0 Å². The van der Waals surface area contributed by atoms with E-state index in [9.17, 15) is 0 Å². The summed E-state index contributed by atoms with van der Waals surface area (Å²) >= 11 is 0. The molecular weight excluding hydrogens is 122 g/mol. The maximum atomic E-state index is 3.54. The minimum absolute atomic E-state index is 0.833. The fourth-order valence-electron chi connectivity index (χ4n) is 1.85. The molecule has 0 amide bonds. The van der Waals surface area contributed by atoms with Crippen LogP contribution in [0.4, 0.5) is 0 Å². The lowest BCUT2D eigenvalue weighted by molar-refractivity contribution is 0.392. The number of rotatable bonds is 3. The van der Waals surface area contributed by atoms with E-state index in [4.69, 9.17) is 0 Å². The van der Waals surface area contributed by atoms with E-state index in [1.54, 1.807) is 0 Å². The van der Waals surface area contributed by atoms with Crippen LogP contribution in [0.1, 0.15) is 39.5 Å². The van der Waals surface area contributed by atoms with E-state index in [0.29, 0.717) is 0 Å². The second kappa shape index (κ2) is 3.97. The van der Waals surface area contributed by atoms with Gasteiger partial charge in [0.15, 0.2) is 0 Å². The second-order valence-corrected chi connectivity index (χ2v) is 3.47. The first-order chi connectivity index (χ1) is 4.84. The summed E-state index contributed by atoms with van der Waals surface area (Å²) in [5.41, 5.74) is 0. The summed E-state index contributed by atoms with van der Waals surface area (Å²) in [6.45, 7) is 5.89. The van der Waals surface area contributed by atoms with E-state index >= 15 is 0 Å². The van der Waals surface area contributed by atoms with E-state index in [1.807, 2.05) is 0 Å². The highest BCUT2D eigenvalue weighted by Crippen LogP contribution is 2.18. The van der Waals surface area contributed by atoms with Gasteiger partial charge in [0.25, 0.3) is 0 Å². The Morgan fingerprint density at radius 2 is 2.40 bits per heavy atom. The highest BCUT2D eigenvalue weighted by atomic mass is 14.9. The molecule has 1 fully saturated rings. The molecule has 0 aromatic heterocycles. The molecule has 0 saturated carbocycles. The molecule has 0 spiro atoms. The Kier molecular flexibility index (Phi) is 3.20. The molecule has 60 valence electrons. The monoisotopic (exact) mass is 141 g/mol. The Hall–Kier alpha value is -0.0400. The van der Waals surface area contributed by atoms with Crippen molar-refractivity contribution in [1.82, 2.24) is 5.32 Å². The van der Waals surface area contributed by atoms with Crippen molar-refractivity contribution in [1.29, 1.82) is 0 Å². The molecule has 1 nitrogen and oxygen atoms in total. The van der Waals surface area contributed by atoms with Gasteiger partial charge in [-0.25, -0.2) is 0 Å². The van der Waals surface area contributed by atoms with Crippen molar-refractivity contribution in [2.45, 2.75) is 45.6 Å². The lowest BCUT2D eigenvalue weighted by Gasteiger charge is -2.17. The van der Waals surface area contributed by atoms with Crippen LogP contribution < -0.4 is 5.32 Å². The summed E-state index contributed by atoms with van der Waals surface area (Å²) in [7, 11) is 0. The van der Waals surface area contributed by atoms with Crippen molar-refractivity contribution in [3.05, 3.63) is 0 Å². The molecule has 1 rings (SSSR count). The molecule has 0 unspecified atom stereocenters. The lowest BCUT2D eigenvalue weighted by Crippen LogP contribution is -2.28. The predicted octanol–water partition coefficient (Wildman–Crippen LogP) is 2.17. The van der Waals surface area contributed by atoms with E-state index in [0.717, 1.165) is 12.0 Å². The first-order valence-electron chi connectivity index (χ1n) is 4.58. The molecule has 0 radical (unpaired) electrons. The zero-order valence-corrected chi connectivity index (χ0v) is 7.19. The maximum absolute atomic E-state index is 3.54. The van der Waals surface area contributed by atoms with Gasteiger partial charge in [-0.15, -0.1) is 0 Å². The molecule has 0 bridgehead atoms. The Morgan fingerprint density at radius 3 is 2.90 bits per heavy atom. The molecule has 0 aromatic carbocycles. The third-order valence-electron chi connectivity index (χ3n) is 2.53. The minimum atomic E-state index is 0.833. The SMILES string of the molecule is CCC[C@H](C)[C@@H]1CCCN1. The van der Waals surface area contributed by atoms with Gasteiger partial charge in [-0.3, -0.25) is 0 Å². The Bertz CT molecular complexity index is 84.7. The molecule has 1 aliphatic rings. The van der Waals surface area contributed by atoms with Crippen LogP contribution in [0.25, 0.3) is 0 Å². The van der Waals surface area contributed by atoms with Crippen LogP contribution in [-0.4, -0.2) is 12.6 Å². The van der Waals surface area contributed by atoms with Crippen LogP contribution in [0.2, 0.25) is 0 Å². The largest absolute Gasteiger partial charge is 0.314 e. The molecular formula is C9H19N. The predicted molar refractivity (Wildman–Crippen MR) is 45.1 cm³/mol. The van der Waals surface area contributed by atoms with Crippen molar-refractivity contribution in [2.75, 3.05) is 6.54 Å². The summed E-state index contributed by atoms with van der Waals surface area (Å²) in [6.07, 6.45) is 5.51.